The summed E-state index contributed by atoms with van der Waals surface area (Å²) in [4.78, 5) is 75.2. The summed E-state index contributed by atoms with van der Waals surface area (Å²) >= 11 is 9.92. The van der Waals surface area contributed by atoms with Gasteiger partial charge < -0.3 is 9.84 Å². The van der Waals surface area contributed by atoms with E-state index in [9.17, 15) is 19.5 Å². The Morgan fingerprint density at radius 1 is 0.772 bits per heavy atom. The van der Waals surface area contributed by atoms with Crippen LogP contribution in [0.15, 0.2) is 137 Å². The minimum atomic E-state index is -1.50. The number of allylic oxidation sites excluding steroid dienone is 2. The van der Waals surface area contributed by atoms with Crippen molar-refractivity contribution in [3.05, 3.63) is 165 Å². The molecule has 2 heterocycles. The first-order valence-electron chi connectivity index (χ1n) is 18.6. The largest absolute Gasteiger partial charge is 0.503 e. The predicted molar refractivity (Wildman–Crippen MR) is 217 cm³/mol. The van der Waals surface area contributed by atoms with Crippen LogP contribution in [0.25, 0.3) is 0 Å². The maximum Gasteiger partial charge on any atom is 0.246 e. The van der Waals surface area contributed by atoms with Crippen LogP contribution in [-0.4, -0.2) is 41.6 Å². The highest BCUT2D eigenvalue weighted by Gasteiger charge is 2.70. The number of benzene rings is 5. The number of carbonyl (C=O) groups is 5. The van der Waals surface area contributed by atoms with Crippen molar-refractivity contribution in [1.29, 1.82) is 0 Å². The van der Waals surface area contributed by atoms with E-state index in [1.807, 2.05) is 42.5 Å². The van der Waals surface area contributed by atoms with Crippen molar-refractivity contribution in [3.63, 3.8) is 0 Å². The van der Waals surface area contributed by atoms with E-state index in [4.69, 9.17) is 16.3 Å². The first-order chi connectivity index (χ1) is 27.6. The van der Waals surface area contributed by atoms with E-state index in [2.05, 4.69) is 15.9 Å². The molecule has 284 valence electrons. The first kappa shape index (κ1) is 36.8. The van der Waals surface area contributed by atoms with Crippen molar-refractivity contribution in [1.82, 2.24) is 0 Å². The molecule has 9 nitrogen and oxygen atoms in total. The summed E-state index contributed by atoms with van der Waals surface area (Å²) in [5, 5.41) is 11.3. The molecule has 0 radical (unpaired) electrons. The lowest BCUT2D eigenvalue weighted by Crippen LogP contribution is -2.53. The molecule has 5 aromatic carbocycles. The maximum absolute atomic E-state index is 15.5. The Labute approximate surface area is 341 Å². The molecule has 0 unspecified atom stereocenters. The molecule has 4 amide bonds. The van der Waals surface area contributed by atoms with Gasteiger partial charge in [0, 0.05) is 22.1 Å². The molecule has 6 atom stereocenters. The molecule has 1 saturated carbocycles. The standard InChI is InChI=1S/C46H34BrClN2O7/c1-57-37-22-27(21-36(47)41(37)52)39-32-19-20-33-38(44(55)49(42(33)53)30-17-15-26(16-18-30)40(51)25-9-4-2-5-10-25)34(32)24-35-43(54)50(31-14-8-13-29(48)23-31)45(56)46(35,39)28-11-6-3-7-12-28/h2-19,21-23,33-35,38-39,52H,20,24H2,1H3/t33-,34+,35-,38-,39-,46+/m0/s1. The van der Waals surface area contributed by atoms with Gasteiger partial charge >= 0.3 is 0 Å². The molecule has 2 aliphatic heterocycles. The molecule has 11 heteroatoms. The van der Waals surface area contributed by atoms with Crippen LogP contribution >= 0.6 is 27.5 Å². The second kappa shape index (κ2) is 14.0. The summed E-state index contributed by atoms with van der Waals surface area (Å²) in [6, 6.07) is 34.5. The van der Waals surface area contributed by atoms with E-state index in [-0.39, 0.29) is 36.0 Å². The average Bonchev–Trinajstić information content (AvgIpc) is 3.62. The lowest BCUT2D eigenvalue weighted by molar-refractivity contribution is -0.127. The lowest BCUT2D eigenvalue weighted by Gasteiger charge is -2.50. The summed E-state index contributed by atoms with van der Waals surface area (Å²) in [6.07, 6.45) is 2.32. The number of amides is 4. The van der Waals surface area contributed by atoms with Gasteiger partial charge in [0.05, 0.1) is 46.1 Å². The van der Waals surface area contributed by atoms with Crippen molar-refractivity contribution in [3.8, 4) is 11.5 Å². The third-order valence-corrected chi connectivity index (χ3v) is 13.0. The second-order valence-corrected chi connectivity index (χ2v) is 16.2. The zero-order valence-electron chi connectivity index (χ0n) is 30.5. The van der Waals surface area contributed by atoms with Gasteiger partial charge in [-0.05, 0) is 100 Å². The number of ketones is 1. The molecular formula is C46H34BrClN2O7. The maximum atomic E-state index is 15.5. The number of carbonyl (C=O) groups excluding carboxylic acids is 5. The number of methoxy groups -OCH3 is 1. The predicted octanol–water partition coefficient (Wildman–Crippen LogP) is 8.41. The fraction of sp³-hybridized carbons (Fsp3) is 0.196. The summed E-state index contributed by atoms with van der Waals surface area (Å²) in [5.74, 6) is -5.72. The number of nitrogens with zero attached hydrogens (tertiary/aromatic N) is 2. The molecule has 2 aliphatic carbocycles. The Balaban J connectivity index is 1.19. The average molecular weight is 842 g/mol. The van der Waals surface area contributed by atoms with E-state index in [0.29, 0.717) is 43.1 Å². The summed E-state index contributed by atoms with van der Waals surface area (Å²) in [7, 11) is 1.43. The van der Waals surface area contributed by atoms with Gasteiger partial charge in [0.15, 0.2) is 17.3 Å². The van der Waals surface area contributed by atoms with Gasteiger partial charge in [0.25, 0.3) is 0 Å². The smallest absolute Gasteiger partial charge is 0.246 e. The number of imide groups is 2. The van der Waals surface area contributed by atoms with Crippen LogP contribution in [0.2, 0.25) is 5.02 Å². The Bertz CT molecular complexity index is 2540. The number of halogens is 2. The number of aromatic hydroxyl groups is 1. The zero-order valence-corrected chi connectivity index (χ0v) is 32.8. The Kier molecular flexibility index (Phi) is 9.01. The van der Waals surface area contributed by atoms with Crippen LogP contribution < -0.4 is 14.5 Å². The molecule has 5 aromatic rings. The van der Waals surface area contributed by atoms with Gasteiger partial charge in [-0.15, -0.1) is 0 Å². The molecular weight excluding hydrogens is 808 g/mol. The number of phenols is 1. The van der Waals surface area contributed by atoms with Crippen LogP contribution in [0.4, 0.5) is 11.4 Å². The molecule has 0 bridgehead atoms. The van der Waals surface area contributed by atoms with E-state index in [1.54, 1.807) is 84.9 Å². The number of phenolic OH excluding ortho intramolecular Hbond substituents is 1. The Morgan fingerprint density at radius 3 is 2.14 bits per heavy atom. The van der Waals surface area contributed by atoms with Crippen molar-refractivity contribution < 1.29 is 33.8 Å². The van der Waals surface area contributed by atoms with E-state index >= 15 is 9.59 Å². The minimum Gasteiger partial charge on any atom is -0.503 e. The van der Waals surface area contributed by atoms with E-state index < -0.39 is 52.7 Å². The fourth-order valence-electron chi connectivity index (χ4n) is 9.81. The highest BCUT2D eigenvalue weighted by atomic mass is 79.9. The number of hydrogen-bond donors (Lipinski definition) is 1. The lowest BCUT2D eigenvalue weighted by atomic mass is 9.49. The number of ether oxygens (including phenoxy) is 1. The topological polar surface area (TPSA) is 121 Å². The highest BCUT2D eigenvalue weighted by Crippen LogP contribution is 2.65. The van der Waals surface area contributed by atoms with E-state index in [0.717, 1.165) is 5.57 Å². The first-order valence-corrected chi connectivity index (χ1v) is 19.8. The van der Waals surface area contributed by atoms with Gasteiger partial charge in [-0.1, -0.05) is 90.0 Å². The van der Waals surface area contributed by atoms with Crippen LogP contribution in [0.5, 0.6) is 11.5 Å². The number of anilines is 2. The quantitative estimate of drug-likeness (QED) is 0.0993. The van der Waals surface area contributed by atoms with Gasteiger partial charge in [0.2, 0.25) is 23.6 Å². The third-order valence-electron chi connectivity index (χ3n) is 12.2. The van der Waals surface area contributed by atoms with Gasteiger partial charge in [-0.3, -0.25) is 28.9 Å². The third kappa shape index (κ3) is 5.52. The normalized spacial score (nSPS) is 25.2. The SMILES string of the molecule is COc1cc([C@H]2C3=CC[C@@H]4C(=O)N(c5ccc(C(=O)c6ccccc6)cc5)C(=O)[C@@H]4[C@@H]3C[C@H]3C(=O)N(c4cccc(Cl)c4)C(=O)[C@@]23c2ccccc2)cc(Br)c1O. The summed E-state index contributed by atoms with van der Waals surface area (Å²) < 4.78 is 5.93. The molecule has 4 aliphatic rings. The second-order valence-electron chi connectivity index (χ2n) is 14.9. The summed E-state index contributed by atoms with van der Waals surface area (Å²) in [6.45, 7) is 0. The molecule has 2 saturated heterocycles. The summed E-state index contributed by atoms with van der Waals surface area (Å²) in [5.41, 5.74) is 2.08. The molecule has 1 N–H and O–H groups in total. The number of fused-ring (bicyclic) bond motifs is 4. The van der Waals surface area contributed by atoms with Gasteiger partial charge in [-0.25, -0.2) is 4.90 Å². The van der Waals surface area contributed by atoms with Crippen LogP contribution in [-0.2, 0) is 24.6 Å². The molecule has 3 fully saturated rings. The number of hydrogen-bond acceptors (Lipinski definition) is 7. The van der Waals surface area contributed by atoms with Crippen LogP contribution in [0.3, 0.4) is 0 Å². The van der Waals surface area contributed by atoms with Crippen LogP contribution in [0, 0.1) is 23.7 Å². The highest BCUT2D eigenvalue weighted by molar-refractivity contribution is 9.10. The van der Waals surface area contributed by atoms with E-state index in [1.165, 1.54) is 16.9 Å². The zero-order chi connectivity index (χ0) is 39.7. The molecule has 57 heavy (non-hydrogen) atoms. The van der Waals surface area contributed by atoms with Gasteiger partial charge in [-0.2, -0.15) is 0 Å². The van der Waals surface area contributed by atoms with Crippen molar-refractivity contribution in [2.24, 2.45) is 23.7 Å². The number of rotatable bonds is 7. The van der Waals surface area contributed by atoms with Crippen molar-refractivity contribution in [2.45, 2.75) is 24.2 Å². The van der Waals surface area contributed by atoms with Crippen LogP contribution in [0.1, 0.15) is 45.8 Å². The molecule has 0 aromatic heterocycles. The van der Waals surface area contributed by atoms with Gasteiger partial charge in [0.1, 0.15) is 0 Å². The Morgan fingerprint density at radius 2 is 1.46 bits per heavy atom. The van der Waals surface area contributed by atoms with Crippen molar-refractivity contribution in [2.75, 3.05) is 16.9 Å². The molecule has 9 rings (SSSR count). The minimum absolute atomic E-state index is 0.119. The van der Waals surface area contributed by atoms with Crippen molar-refractivity contribution >= 4 is 68.3 Å². The monoisotopic (exact) mass is 840 g/mol. The molecule has 0 spiro atoms. The fourth-order valence-corrected chi connectivity index (χ4v) is 10.5. The Hall–Kier alpha value is -5.84.